The largest absolute Gasteiger partial charge is 0.325 e. The first-order valence-corrected chi connectivity index (χ1v) is 6.80. The van der Waals surface area contributed by atoms with Crippen molar-refractivity contribution in [1.82, 2.24) is 10.2 Å². The van der Waals surface area contributed by atoms with E-state index < -0.39 is 17.4 Å². The van der Waals surface area contributed by atoms with Crippen LogP contribution in [0.4, 0.5) is 9.18 Å². The van der Waals surface area contributed by atoms with Crippen molar-refractivity contribution in [1.29, 1.82) is 5.26 Å². The summed E-state index contributed by atoms with van der Waals surface area (Å²) in [6.07, 6.45) is 0.987. The monoisotopic (exact) mass is 289 g/mol. The van der Waals surface area contributed by atoms with Crippen molar-refractivity contribution in [2.45, 2.75) is 38.8 Å². The number of carbonyl (C=O) groups excluding carboxylic acids is 2. The highest BCUT2D eigenvalue weighted by Gasteiger charge is 2.50. The van der Waals surface area contributed by atoms with E-state index in [1.54, 1.807) is 6.07 Å². The second-order valence-electron chi connectivity index (χ2n) is 5.01. The Morgan fingerprint density at radius 1 is 1.33 bits per heavy atom. The van der Waals surface area contributed by atoms with Gasteiger partial charge in [0.1, 0.15) is 17.4 Å². The minimum absolute atomic E-state index is 0.0722. The average Bonchev–Trinajstić information content (AvgIpc) is 2.72. The van der Waals surface area contributed by atoms with Crippen LogP contribution < -0.4 is 5.32 Å². The molecule has 1 fully saturated rings. The molecule has 1 aromatic rings. The second kappa shape index (κ2) is 5.52. The lowest BCUT2D eigenvalue weighted by atomic mass is 9.91. The Hall–Kier alpha value is -2.42. The number of carbonyl (C=O) groups is 2. The van der Waals surface area contributed by atoms with Crippen LogP contribution in [0.15, 0.2) is 18.2 Å². The number of imide groups is 1. The van der Waals surface area contributed by atoms with Gasteiger partial charge < -0.3 is 4.90 Å². The van der Waals surface area contributed by atoms with E-state index in [2.05, 4.69) is 5.32 Å². The molecule has 0 atom stereocenters. The van der Waals surface area contributed by atoms with E-state index in [0.29, 0.717) is 18.4 Å². The quantitative estimate of drug-likeness (QED) is 0.864. The maximum Gasteiger partial charge on any atom is 0.325 e. The zero-order valence-corrected chi connectivity index (χ0v) is 11.9. The molecule has 0 spiro atoms. The molecule has 1 N–H and O–H groups in total. The first kappa shape index (κ1) is 15.0. The highest BCUT2D eigenvalue weighted by atomic mass is 19.1. The molecule has 2 rings (SSSR count). The van der Waals surface area contributed by atoms with E-state index in [9.17, 15) is 14.0 Å². The maximum absolute atomic E-state index is 13.3. The number of urea groups is 1. The van der Waals surface area contributed by atoms with Crippen molar-refractivity contribution in [2.24, 2.45) is 0 Å². The predicted molar refractivity (Wildman–Crippen MR) is 73.5 cm³/mol. The number of nitrogens with zero attached hydrogens (tertiary/aromatic N) is 2. The molecule has 1 saturated heterocycles. The Balaban J connectivity index is 2.35. The fourth-order valence-electron chi connectivity index (χ4n) is 2.71. The van der Waals surface area contributed by atoms with E-state index in [1.807, 2.05) is 13.8 Å². The van der Waals surface area contributed by atoms with Crippen LogP contribution in [0.3, 0.4) is 0 Å². The van der Waals surface area contributed by atoms with Crippen LogP contribution in [0.25, 0.3) is 0 Å². The molecule has 0 radical (unpaired) electrons. The van der Waals surface area contributed by atoms with Crippen molar-refractivity contribution in [2.75, 3.05) is 0 Å². The summed E-state index contributed by atoms with van der Waals surface area (Å²) >= 11 is 0. The molecular formula is C15H16FN3O2. The first-order chi connectivity index (χ1) is 9.98. The topological polar surface area (TPSA) is 73.2 Å². The van der Waals surface area contributed by atoms with Gasteiger partial charge in [-0.1, -0.05) is 19.9 Å². The number of amides is 3. The lowest BCUT2D eigenvalue weighted by Crippen LogP contribution is -2.48. The number of rotatable bonds is 4. The lowest BCUT2D eigenvalue weighted by molar-refractivity contribution is -0.127. The van der Waals surface area contributed by atoms with Gasteiger partial charge in [0, 0.05) is 6.54 Å². The molecule has 0 bridgehead atoms. The minimum atomic E-state index is -0.877. The van der Waals surface area contributed by atoms with E-state index in [4.69, 9.17) is 5.26 Å². The number of halogens is 1. The summed E-state index contributed by atoms with van der Waals surface area (Å²) in [4.78, 5) is 25.5. The molecule has 6 heteroatoms. The van der Waals surface area contributed by atoms with Crippen LogP contribution in [0.2, 0.25) is 0 Å². The standard InChI is InChI=1S/C15H16FN3O2/c1-3-15(4-2)13(20)18-14(21)19(15)9-10-5-6-12(16)11(7-10)8-17/h5-7H,3-4,9H2,1-2H3,(H,18,20,21). The number of hydrogen-bond donors (Lipinski definition) is 1. The summed E-state index contributed by atoms with van der Waals surface area (Å²) in [5.74, 6) is -0.902. The Kier molecular flexibility index (Phi) is 3.94. The highest BCUT2D eigenvalue weighted by Crippen LogP contribution is 2.31. The smallest absolute Gasteiger partial charge is 0.305 e. The molecule has 0 aromatic heterocycles. The molecule has 0 unspecified atom stereocenters. The van der Waals surface area contributed by atoms with Crippen LogP contribution in [0.1, 0.15) is 37.8 Å². The normalized spacial score (nSPS) is 16.8. The minimum Gasteiger partial charge on any atom is -0.305 e. The van der Waals surface area contributed by atoms with Gasteiger partial charge in [0.2, 0.25) is 0 Å². The number of nitriles is 1. The van der Waals surface area contributed by atoms with Crippen molar-refractivity contribution in [3.05, 3.63) is 35.1 Å². The van der Waals surface area contributed by atoms with E-state index in [1.165, 1.54) is 23.1 Å². The van der Waals surface area contributed by atoms with Gasteiger partial charge in [-0.3, -0.25) is 10.1 Å². The SMILES string of the molecule is CCC1(CC)C(=O)NC(=O)N1Cc1ccc(F)c(C#N)c1. The number of nitrogens with one attached hydrogen (secondary N) is 1. The van der Waals surface area contributed by atoms with Crippen LogP contribution >= 0.6 is 0 Å². The average molecular weight is 289 g/mol. The van der Waals surface area contributed by atoms with Crippen LogP contribution in [-0.2, 0) is 11.3 Å². The highest BCUT2D eigenvalue weighted by molar-refractivity contribution is 6.06. The third-order valence-electron chi connectivity index (χ3n) is 4.07. The van der Waals surface area contributed by atoms with Gasteiger partial charge in [-0.05, 0) is 30.5 Å². The Labute approximate surface area is 122 Å². The van der Waals surface area contributed by atoms with Gasteiger partial charge in [0.25, 0.3) is 5.91 Å². The van der Waals surface area contributed by atoms with Gasteiger partial charge >= 0.3 is 6.03 Å². The van der Waals surface area contributed by atoms with Gasteiger partial charge in [-0.15, -0.1) is 0 Å². The van der Waals surface area contributed by atoms with E-state index >= 15 is 0 Å². The van der Waals surface area contributed by atoms with E-state index in [-0.39, 0.29) is 18.0 Å². The zero-order valence-electron chi connectivity index (χ0n) is 11.9. The summed E-state index contributed by atoms with van der Waals surface area (Å²) in [6.45, 7) is 3.86. The Morgan fingerprint density at radius 2 is 2.00 bits per heavy atom. The fourth-order valence-corrected chi connectivity index (χ4v) is 2.71. The maximum atomic E-state index is 13.3. The molecule has 0 saturated carbocycles. The predicted octanol–water partition coefficient (Wildman–Crippen LogP) is 2.31. The molecule has 3 amide bonds. The van der Waals surface area contributed by atoms with Crippen LogP contribution in [0, 0.1) is 17.1 Å². The van der Waals surface area contributed by atoms with Gasteiger partial charge in [-0.25, -0.2) is 9.18 Å². The lowest BCUT2D eigenvalue weighted by Gasteiger charge is -2.33. The third kappa shape index (κ3) is 2.35. The molecular weight excluding hydrogens is 273 g/mol. The van der Waals surface area contributed by atoms with Gasteiger partial charge in [-0.2, -0.15) is 5.26 Å². The molecule has 1 aromatic carbocycles. The molecule has 110 valence electrons. The second-order valence-corrected chi connectivity index (χ2v) is 5.01. The van der Waals surface area contributed by atoms with Gasteiger partial charge in [0.05, 0.1) is 5.56 Å². The zero-order chi connectivity index (χ0) is 15.6. The Morgan fingerprint density at radius 3 is 2.57 bits per heavy atom. The van der Waals surface area contributed by atoms with Crippen molar-refractivity contribution < 1.29 is 14.0 Å². The van der Waals surface area contributed by atoms with Crippen LogP contribution in [-0.4, -0.2) is 22.4 Å². The first-order valence-electron chi connectivity index (χ1n) is 6.80. The summed E-state index contributed by atoms with van der Waals surface area (Å²) in [7, 11) is 0. The fraction of sp³-hybridized carbons (Fsp3) is 0.400. The van der Waals surface area contributed by atoms with Gasteiger partial charge in [0.15, 0.2) is 0 Å². The summed E-state index contributed by atoms with van der Waals surface area (Å²) in [5, 5.41) is 11.2. The van der Waals surface area contributed by atoms with Crippen molar-refractivity contribution in [3.63, 3.8) is 0 Å². The van der Waals surface area contributed by atoms with E-state index in [0.717, 1.165) is 0 Å². The van der Waals surface area contributed by atoms with Crippen LogP contribution in [0.5, 0.6) is 0 Å². The third-order valence-corrected chi connectivity index (χ3v) is 4.07. The summed E-state index contributed by atoms with van der Waals surface area (Å²) in [6, 6.07) is 5.43. The Bertz CT molecular complexity index is 632. The van der Waals surface area contributed by atoms with Crippen molar-refractivity contribution >= 4 is 11.9 Å². The summed E-state index contributed by atoms with van der Waals surface area (Å²) in [5.41, 5.74) is -0.334. The molecule has 1 aliphatic heterocycles. The molecule has 5 nitrogen and oxygen atoms in total. The van der Waals surface area contributed by atoms with Crippen molar-refractivity contribution in [3.8, 4) is 6.07 Å². The molecule has 0 aliphatic carbocycles. The summed E-state index contributed by atoms with van der Waals surface area (Å²) < 4.78 is 13.3. The number of benzene rings is 1. The molecule has 1 aliphatic rings. The molecule has 1 heterocycles. The number of hydrogen-bond acceptors (Lipinski definition) is 3. The molecule has 21 heavy (non-hydrogen) atoms.